The monoisotopic (exact) mass is 533 g/mol. The molecule has 9 heteroatoms. The van der Waals surface area contributed by atoms with Gasteiger partial charge in [-0.05, 0) is 41.7 Å². The molecule has 0 radical (unpaired) electrons. The lowest BCUT2D eigenvalue weighted by atomic mass is 9.84. The molecule has 1 atom stereocenters. The summed E-state index contributed by atoms with van der Waals surface area (Å²) in [5.41, 5.74) is 2.20. The van der Waals surface area contributed by atoms with E-state index in [2.05, 4.69) is 5.16 Å². The van der Waals surface area contributed by atoms with Crippen LogP contribution in [0.25, 0.3) is 11.1 Å². The predicted octanol–water partition coefficient (Wildman–Crippen LogP) is 3.63. The number of likely N-dealkylation sites (tertiary alicyclic amines) is 1. The number of amides is 1. The van der Waals surface area contributed by atoms with Crippen molar-refractivity contribution in [2.24, 2.45) is 5.16 Å². The zero-order chi connectivity index (χ0) is 26.8. The molecule has 2 heterocycles. The lowest BCUT2D eigenvalue weighted by Crippen LogP contribution is -2.52. The molecule has 2 aliphatic rings. The van der Waals surface area contributed by atoms with Crippen LogP contribution in [0.4, 0.5) is 0 Å². The fraction of sp³-hybridized carbons (Fsp3) is 0.310. The maximum absolute atomic E-state index is 13.7. The van der Waals surface area contributed by atoms with Gasteiger partial charge in [0.1, 0.15) is 13.2 Å². The minimum absolute atomic E-state index is 0.0190. The second kappa shape index (κ2) is 10.7. The van der Waals surface area contributed by atoms with E-state index in [0.717, 1.165) is 16.7 Å². The summed E-state index contributed by atoms with van der Waals surface area (Å²) in [6, 6.07) is 24.9. The average Bonchev–Trinajstić information content (AvgIpc) is 3.39. The Balaban J connectivity index is 1.36. The summed E-state index contributed by atoms with van der Waals surface area (Å²) < 4.78 is 28.7. The Morgan fingerprint density at radius 1 is 0.921 bits per heavy atom. The van der Waals surface area contributed by atoms with E-state index in [0.29, 0.717) is 31.6 Å². The largest absolute Gasteiger partial charge is 0.399 e. The Hall–Kier alpha value is -3.53. The molecule has 0 aliphatic carbocycles. The number of aliphatic hydroxyl groups is 1. The molecule has 1 N–H and O–H groups in total. The minimum atomic E-state index is -3.99. The van der Waals surface area contributed by atoms with Gasteiger partial charge in [-0.1, -0.05) is 78.0 Å². The average molecular weight is 534 g/mol. The van der Waals surface area contributed by atoms with Gasteiger partial charge in [0.2, 0.25) is 15.9 Å². The lowest BCUT2D eigenvalue weighted by molar-refractivity contribution is -0.139. The SMILES string of the molecule is CON=C1CC(C(=O)N2CCC(O)(c3ccccc3)CC2)N(S(=O)(=O)c2ccc(-c3ccccc3)cc2)C1. The summed E-state index contributed by atoms with van der Waals surface area (Å²) in [6.07, 6.45) is 0.915. The zero-order valence-electron chi connectivity index (χ0n) is 21.2. The molecule has 2 fully saturated rings. The van der Waals surface area contributed by atoms with Crippen LogP contribution in [0.2, 0.25) is 0 Å². The summed E-state index contributed by atoms with van der Waals surface area (Å²) in [4.78, 5) is 20.4. The highest BCUT2D eigenvalue weighted by atomic mass is 32.2. The number of sulfonamides is 1. The number of piperidine rings is 1. The molecule has 2 saturated heterocycles. The topological polar surface area (TPSA) is 99.5 Å². The lowest BCUT2D eigenvalue weighted by Gasteiger charge is -2.40. The van der Waals surface area contributed by atoms with Crippen molar-refractivity contribution in [1.82, 2.24) is 9.21 Å². The van der Waals surface area contributed by atoms with Gasteiger partial charge in [0.25, 0.3) is 0 Å². The third-order valence-electron chi connectivity index (χ3n) is 7.40. The quantitative estimate of drug-likeness (QED) is 0.488. The number of hydrogen-bond donors (Lipinski definition) is 1. The first-order valence-corrected chi connectivity index (χ1v) is 14.1. The van der Waals surface area contributed by atoms with Gasteiger partial charge in [-0.3, -0.25) is 4.79 Å². The summed E-state index contributed by atoms with van der Waals surface area (Å²) in [5.74, 6) is -0.286. The minimum Gasteiger partial charge on any atom is -0.399 e. The van der Waals surface area contributed by atoms with Crippen LogP contribution in [-0.4, -0.2) is 67.1 Å². The predicted molar refractivity (Wildman–Crippen MR) is 145 cm³/mol. The van der Waals surface area contributed by atoms with Crippen molar-refractivity contribution in [3.8, 4) is 11.1 Å². The smallest absolute Gasteiger partial charge is 0.244 e. The van der Waals surface area contributed by atoms with E-state index in [9.17, 15) is 18.3 Å². The fourth-order valence-electron chi connectivity index (χ4n) is 5.27. The molecule has 198 valence electrons. The van der Waals surface area contributed by atoms with Crippen LogP contribution in [0.3, 0.4) is 0 Å². The van der Waals surface area contributed by atoms with Crippen molar-refractivity contribution >= 4 is 21.6 Å². The molecule has 3 aromatic rings. The van der Waals surface area contributed by atoms with Gasteiger partial charge in [-0.25, -0.2) is 8.42 Å². The van der Waals surface area contributed by atoms with Gasteiger partial charge in [0.05, 0.1) is 22.8 Å². The van der Waals surface area contributed by atoms with E-state index >= 15 is 0 Å². The van der Waals surface area contributed by atoms with E-state index in [4.69, 9.17) is 4.84 Å². The molecule has 0 saturated carbocycles. The molecular weight excluding hydrogens is 502 g/mol. The molecule has 38 heavy (non-hydrogen) atoms. The first kappa shape index (κ1) is 26.1. The van der Waals surface area contributed by atoms with Gasteiger partial charge >= 0.3 is 0 Å². The standard InChI is InChI=1S/C29H31N3O5S/c1-37-30-25-20-27(28(33)31-18-16-29(34,17-19-31)24-10-6-3-7-11-24)32(21-25)38(35,36)26-14-12-23(13-15-26)22-8-4-2-5-9-22/h2-15,27,34H,16-21H2,1H3. The zero-order valence-corrected chi connectivity index (χ0v) is 22.0. The number of carbonyl (C=O) groups is 1. The fourth-order valence-corrected chi connectivity index (χ4v) is 6.84. The van der Waals surface area contributed by atoms with Crippen LogP contribution in [0, 0.1) is 0 Å². The van der Waals surface area contributed by atoms with E-state index in [1.54, 1.807) is 29.2 Å². The Morgan fingerprint density at radius 2 is 1.50 bits per heavy atom. The third-order valence-corrected chi connectivity index (χ3v) is 9.27. The van der Waals surface area contributed by atoms with E-state index < -0.39 is 21.7 Å². The normalized spacial score (nSPS) is 20.9. The number of benzene rings is 3. The highest BCUT2D eigenvalue weighted by molar-refractivity contribution is 7.89. The van der Waals surface area contributed by atoms with E-state index in [1.807, 2.05) is 60.7 Å². The Labute approximate surface area is 223 Å². The van der Waals surface area contributed by atoms with E-state index in [-0.39, 0.29) is 23.8 Å². The molecule has 3 aromatic carbocycles. The molecule has 0 bridgehead atoms. The molecule has 0 spiro atoms. The van der Waals surface area contributed by atoms with Crippen molar-refractivity contribution in [2.45, 2.75) is 35.8 Å². The first-order chi connectivity index (χ1) is 18.3. The van der Waals surface area contributed by atoms with Crippen molar-refractivity contribution < 1.29 is 23.2 Å². The second-order valence-electron chi connectivity index (χ2n) is 9.72. The van der Waals surface area contributed by atoms with Crippen LogP contribution >= 0.6 is 0 Å². The summed E-state index contributed by atoms with van der Waals surface area (Å²) >= 11 is 0. The van der Waals surface area contributed by atoms with Crippen LogP contribution in [0.15, 0.2) is 95.0 Å². The van der Waals surface area contributed by atoms with Gasteiger partial charge in [0.15, 0.2) is 0 Å². The van der Waals surface area contributed by atoms with E-state index in [1.165, 1.54) is 11.4 Å². The van der Waals surface area contributed by atoms with Gasteiger partial charge in [0, 0.05) is 19.5 Å². The maximum atomic E-state index is 13.7. The Kier molecular flexibility index (Phi) is 7.34. The molecular formula is C29H31N3O5S. The second-order valence-corrected chi connectivity index (χ2v) is 11.6. The van der Waals surface area contributed by atoms with Crippen LogP contribution < -0.4 is 0 Å². The molecule has 8 nitrogen and oxygen atoms in total. The Bertz CT molecular complexity index is 1400. The van der Waals surface area contributed by atoms with Gasteiger partial charge in [-0.15, -0.1) is 0 Å². The maximum Gasteiger partial charge on any atom is 0.244 e. The summed E-state index contributed by atoms with van der Waals surface area (Å²) in [5, 5.41) is 15.1. The number of carbonyl (C=O) groups excluding carboxylic acids is 1. The van der Waals surface area contributed by atoms with Crippen molar-refractivity contribution in [3.05, 3.63) is 90.5 Å². The van der Waals surface area contributed by atoms with Crippen molar-refractivity contribution in [1.29, 1.82) is 0 Å². The van der Waals surface area contributed by atoms with Crippen LogP contribution in [0.5, 0.6) is 0 Å². The highest BCUT2D eigenvalue weighted by Gasteiger charge is 2.46. The molecule has 5 rings (SSSR count). The van der Waals surface area contributed by atoms with Gasteiger partial charge < -0.3 is 14.8 Å². The van der Waals surface area contributed by atoms with Gasteiger partial charge in [-0.2, -0.15) is 4.31 Å². The van der Waals surface area contributed by atoms with Crippen molar-refractivity contribution in [3.63, 3.8) is 0 Å². The summed E-state index contributed by atoms with van der Waals surface area (Å²) in [7, 11) is -2.59. The number of rotatable bonds is 6. The number of hydrogen-bond acceptors (Lipinski definition) is 6. The first-order valence-electron chi connectivity index (χ1n) is 12.6. The van der Waals surface area contributed by atoms with Crippen LogP contribution in [-0.2, 0) is 25.3 Å². The van der Waals surface area contributed by atoms with Crippen molar-refractivity contribution in [2.75, 3.05) is 26.7 Å². The third kappa shape index (κ3) is 5.09. The molecule has 2 aliphatic heterocycles. The molecule has 1 amide bonds. The number of nitrogens with zero attached hydrogens (tertiary/aromatic N) is 3. The highest BCUT2D eigenvalue weighted by Crippen LogP contribution is 2.34. The van der Waals surface area contributed by atoms with Crippen LogP contribution in [0.1, 0.15) is 24.8 Å². The molecule has 1 unspecified atom stereocenters. The molecule has 0 aromatic heterocycles. The Morgan fingerprint density at radius 3 is 2.11 bits per heavy atom. The summed E-state index contributed by atoms with van der Waals surface area (Å²) in [6.45, 7) is 0.642. The number of oxime groups is 1.